The molecule has 98 valence electrons. The van der Waals surface area contributed by atoms with E-state index < -0.39 is 6.23 Å². The van der Waals surface area contributed by atoms with Crippen molar-refractivity contribution in [1.29, 1.82) is 0 Å². The third kappa shape index (κ3) is 2.34. The zero-order valence-corrected chi connectivity index (χ0v) is 12.4. The SMILES string of the molecule is CO[C@H]1NC(=O)c2ccc(Br)n2[C@@H]1CC(=O)SC. The van der Waals surface area contributed by atoms with Crippen molar-refractivity contribution >= 4 is 38.7 Å². The summed E-state index contributed by atoms with van der Waals surface area (Å²) in [5, 5.41) is 2.81. The van der Waals surface area contributed by atoms with Crippen LogP contribution in [0.5, 0.6) is 0 Å². The molecular formula is C11H13BrN2O3S. The van der Waals surface area contributed by atoms with Crippen molar-refractivity contribution in [2.45, 2.75) is 18.7 Å². The molecule has 1 N–H and O–H groups in total. The van der Waals surface area contributed by atoms with Crippen LogP contribution >= 0.6 is 27.7 Å². The standard InChI is InChI=1S/C11H13BrN2O3S/c1-17-11-7(5-9(15)18-2)14-6(10(16)13-11)3-4-8(14)12/h3-4,7,11H,5H2,1-2H3,(H,13,16)/t7-,11-/m1/s1. The van der Waals surface area contributed by atoms with Gasteiger partial charge in [0.15, 0.2) is 11.3 Å². The molecule has 0 saturated heterocycles. The number of carbonyl (C=O) groups is 2. The minimum atomic E-state index is -0.496. The summed E-state index contributed by atoms with van der Waals surface area (Å²) < 4.78 is 7.84. The van der Waals surface area contributed by atoms with Gasteiger partial charge in [0, 0.05) is 13.5 Å². The van der Waals surface area contributed by atoms with Gasteiger partial charge in [0.05, 0.1) is 10.6 Å². The second kappa shape index (κ2) is 5.46. The van der Waals surface area contributed by atoms with Gasteiger partial charge in [-0.3, -0.25) is 9.59 Å². The topological polar surface area (TPSA) is 60.3 Å². The van der Waals surface area contributed by atoms with Gasteiger partial charge in [0.2, 0.25) is 0 Å². The Morgan fingerprint density at radius 1 is 1.61 bits per heavy atom. The Bertz CT molecular complexity index is 489. The normalized spacial score (nSPS) is 22.5. The lowest BCUT2D eigenvalue weighted by Crippen LogP contribution is -2.49. The molecule has 1 aromatic heterocycles. The van der Waals surface area contributed by atoms with Gasteiger partial charge in [-0.05, 0) is 34.3 Å². The zero-order valence-electron chi connectivity index (χ0n) is 9.97. The summed E-state index contributed by atoms with van der Waals surface area (Å²) in [5.74, 6) is -0.194. The molecule has 0 bridgehead atoms. The quantitative estimate of drug-likeness (QED) is 0.916. The molecule has 5 nitrogen and oxygen atoms in total. The highest BCUT2D eigenvalue weighted by molar-refractivity contribution is 9.10. The number of carbonyl (C=O) groups excluding carboxylic acids is 2. The van der Waals surface area contributed by atoms with Crippen LogP contribution < -0.4 is 5.32 Å². The number of thioether (sulfide) groups is 1. The molecule has 2 atom stereocenters. The first-order valence-electron chi connectivity index (χ1n) is 5.35. The van der Waals surface area contributed by atoms with Crippen LogP contribution in [-0.4, -0.2) is 35.2 Å². The second-order valence-corrected chi connectivity index (χ2v) is 5.56. The summed E-state index contributed by atoms with van der Waals surface area (Å²) >= 11 is 4.58. The van der Waals surface area contributed by atoms with E-state index in [9.17, 15) is 9.59 Å². The molecule has 18 heavy (non-hydrogen) atoms. The first-order valence-corrected chi connectivity index (χ1v) is 7.37. The van der Waals surface area contributed by atoms with E-state index in [1.807, 2.05) is 0 Å². The number of halogens is 1. The Kier molecular flexibility index (Phi) is 4.14. The second-order valence-electron chi connectivity index (χ2n) is 3.89. The maximum atomic E-state index is 11.8. The molecule has 0 aromatic carbocycles. The molecule has 0 radical (unpaired) electrons. The molecule has 2 heterocycles. The largest absolute Gasteiger partial charge is 0.359 e. The minimum Gasteiger partial charge on any atom is -0.359 e. The van der Waals surface area contributed by atoms with E-state index in [1.165, 1.54) is 18.9 Å². The van der Waals surface area contributed by atoms with Crippen LogP contribution in [0.1, 0.15) is 23.0 Å². The van der Waals surface area contributed by atoms with Crippen molar-refractivity contribution in [3.63, 3.8) is 0 Å². The first-order chi connectivity index (χ1) is 8.58. The Balaban J connectivity index is 2.40. The lowest BCUT2D eigenvalue weighted by Gasteiger charge is -2.33. The van der Waals surface area contributed by atoms with Crippen molar-refractivity contribution in [3.8, 4) is 0 Å². The molecule has 0 saturated carbocycles. The lowest BCUT2D eigenvalue weighted by atomic mass is 10.1. The van der Waals surface area contributed by atoms with Gasteiger partial charge in [-0.2, -0.15) is 0 Å². The van der Waals surface area contributed by atoms with Gasteiger partial charge in [-0.25, -0.2) is 0 Å². The van der Waals surface area contributed by atoms with Crippen molar-refractivity contribution in [2.75, 3.05) is 13.4 Å². The maximum absolute atomic E-state index is 11.8. The van der Waals surface area contributed by atoms with E-state index in [1.54, 1.807) is 23.0 Å². The molecule has 7 heteroatoms. The van der Waals surface area contributed by atoms with Crippen LogP contribution in [0.4, 0.5) is 0 Å². The van der Waals surface area contributed by atoms with E-state index in [0.717, 1.165) is 4.60 Å². The number of fused-ring (bicyclic) bond motifs is 1. The van der Waals surface area contributed by atoms with E-state index in [2.05, 4.69) is 21.2 Å². The fourth-order valence-corrected chi connectivity index (χ4v) is 2.97. The van der Waals surface area contributed by atoms with Crippen LogP contribution in [0, 0.1) is 0 Å². The first kappa shape index (κ1) is 13.6. The molecule has 0 unspecified atom stereocenters. The van der Waals surface area contributed by atoms with E-state index in [4.69, 9.17) is 4.74 Å². The summed E-state index contributed by atoms with van der Waals surface area (Å²) in [5.41, 5.74) is 0.536. The van der Waals surface area contributed by atoms with Crippen molar-refractivity contribution < 1.29 is 14.3 Å². The third-order valence-electron chi connectivity index (χ3n) is 2.91. The fraction of sp³-hybridized carbons (Fsp3) is 0.455. The number of aromatic nitrogens is 1. The molecule has 1 aliphatic rings. The number of hydrogen-bond donors (Lipinski definition) is 1. The number of nitrogens with one attached hydrogen (secondary N) is 1. The number of methoxy groups -OCH3 is 1. The van der Waals surface area contributed by atoms with E-state index in [0.29, 0.717) is 12.1 Å². The zero-order chi connectivity index (χ0) is 13.3. The molecule has 1 aromatic rings. The van der Waals surface area contributed by atoms with Crippen LogP contribution in [0.15, 0.2) is 16.7 Å². The summed E-state index contributed by atoms with van der Waals surface area (Å²) in [6, 6.07) is 3.29. The average Bonchev–Trinajstić information content (AvgIpc) is 2.75. The van der Waals surface area contributed by atoms with E-state index in [-0.39, 0.29) is 17.1 Å². The van der Waals surface area contributed by atoms with Crippen molar-refractivity contribution in [2.24, 2.45) is 0 Å². The van der Waals surface area contributed by atoms with Crippen LogP contribution in [0.25, 0.3) is 0 Å². The highest BCUT2D eigenvalue weighted by atomic mass is 79.9. The van der Waals surface area contributed by atoms with Crippen molar-refractivity contribution in [1.82, 2.24) is 9.88 Å². The number of ether oxygens (including phenoxy) is 1. The summed E-state index contributed by atoms with van der Waals surface area (Å²) in [4.78, 5) is 23.5. The number of amides is 1. The Hall–Kier alpha value is -0.790. The molecule has 1 aliphatic heterocycles. The smallest absolute Gasteiger partial charge is 0.269 e. The van der Waals surface area contributed by atoms with Crippen LogP contribution in [0.2, 0.25) is 0 Å². The highest BCUT2D eigenvalue weighted by Crippen LogP contribution is 2.31. The lowest BCUT2D eigenvalue weighted by molar-refractivity contribution is -0.113. The number of hydrogen-bond acceptors (Lipinski definition) is 4. The predicted molar refractivity (Wildman–Crippen MR) is 72.6 cm³/mol. The van der Waals surface area contributed by atoms with Crippen LogP contribution in [-0.2, 0) is 9.53 Å². The van der Waals surface area contributed by atoms with Crippen molar-refractivity contribution in [3.05, 3.63) is 22.4 Å². The molecular weight excluding hydrogens is 320 g/mol. The van der Waals surface area contributed by atoms with Gasteiger partial charge in [-0.15, -0.1) is 0 Å². The molecule has 1 amide bonds. The maximum Gasteiger partial charge on any atom is 0.269 e. The Labute approximate surface area is 117 Å². The number of nitrogens with zero attached hydrogens (tertiary/aromatic N) is 1. The predicted octanol–water partition coefficient (Wildman–Crippen LogP) is 1.79. The van der Waals surface area contributed by atoms with Gasteiger partial charge in [0.1, 0.15) is 5.69 Å². The highest BCUT2D eigenvalue weighted by Gasteiger charge is 2.35. The van der Waals surface area contributed by atoms with Gasteiger partial charge >= 0.3 is 0 Å². The number of rotatable bonds is 3. The van der Waals surface area contributed by atoms with Crippen LogP contribution in [0.3, 0.4) is 0 Å². The summed E-state index contributed by atoms with van der Waals surface area (Å²) in [6.07, 6.45) is 1.56. The minimum absolute atomic E-state index is 0.0600. The monoisotopic (exact) mass is 332 g/mol. The summed E-state index contributed by atoms with van der Waals surface area (Å²) in [6.45, 7) is 0. The fourth-order valence-electron chi connectivity index (χ4n) is 2.05. The average molecular weight is 333 g/mol. The molecule has 0 spiro atoms. The van der Waals surface area contributed by atoms with Gasteiger partial charge in [-0.1, -0.05) is 11.8 Å². The molecule has 2 rings (SSSR count). The summed E-state index contributed by atoms with van der Waals surface area (Å²) in [7, 11) is 1.52. The van der Waals surface area contributed by atoms with E-state index >= 15 is 0 Å². The Morgan fingerprint density at radius 3 is 2.94 bits per heavy atom. The third-order valence-corrected chi connectivity index (χ3v) is 4.18. The van der Waals surface area contributed by atoms with Gasteiger partial charge in [0.25, 0.3) is 5.91 Å². The molecule has 0 aliphatic carbocycles. The Morgan fingerprint density at radius 2 is 2.33 bits per heavy atom. The molecule has 0 fully saturated rings. The van der Waals surface area contributed by atoms with Gasteiger partial charge < -0.3 is 14.6 Å².